The second kappa shape index (κ2) is 13.3. The number of rotatable bonds is 12. The molecule has 0 saturated heterocycles. The largest absolute Gasteiger partial charge is 0.454 e. The Balaban J connectivity index is 1.74. The van der Waals surface area contributed by atoms with Crippen molar-refractivity contribution in [1.29, 1.82) is 0 Å². The van der Waals surface area contributed by atoms with E-state index in [-0.39, 0.29) is 43.1 Å². The Morgan fingerprint density at radius 1 is 0.951 bits per heavy atom. The van der Waals surface area contributed by atoms with Crippen molar-refractivity contribution in [3.05, 3.63) is 88.9 Å². The molecule has 0 radical (unpaired) electrons. The van der Waals surface area contributed by atoms with E-state index in [1.807, 2.05) is 44.2 Å². The number of ether oxygens (including phenoxy) is 2. The van der Waals surface area contributed by atoms with Gasteiger partial charge in [-0.05, 0) is 56.2 Å². The number of halogens is 1. The fourth-order valence-electron chi connectivity index (χ4n) is 4.48. The minimum absolute atomic E-state index is 0.0270. The van der Waals surface area contributed by atoms with Gasteiger partial charge in [0.2, 0.25) is 28.6 Å². The second-order valence-electron chi connectivity index (χ2n) is 9.96. The summed E-state index contributed by atoms with van der Waals surface area (Å²) in [5, 5.41) is 3.47. The summed E-state index contributed by atoms with van der Waals surface area (Å²) in [7, 11) is -3.89. The quantitative estimate of drug-likeness (QED) is 0.331. The van der Waals surface area contributed by atoms with Gasteiger partial charge in [0.15, 0.2) is 11.5 Å². The van der Waals surface area contributed by atoms with Crippen LogP contribution in [0.2, 0.25) is 5.02 Å². The number of carbonyl (C=O) groups excluding carboxylic acids is 2. The summed E-state index contributed by atoms with van der Waals surface area (Å²) < 4.78 is 38.4. The Morgan fingerprint density at radius 3 is 2.29 bits per heavy atom. The van der Waals surface area contributed by atoms with E-state index in [0.717, 1.165) is 15.4 Å². The molecule has 1 aliphatic rings. The van der Waals surface area contributed by atoms with Crippen molar-refractivity contribution in [3.63, 3.8) is 0 Å². The van der Waals surface area contributed by atoms with Crippen molar-refractivity contribution < 1.29 is 27.5 Å². The first-order valence-corrected chi connectivity index (χ1v) is 15.3. The van der Waals surface area contributed by atoms with Crippen LogP contribution in [-0.4, -0.2) is 56.3 Å². The number of carbonyl (C=O) groups is 2. The second-order valence-corrected chi connectivity index (χ2v) is 12.6. The smallest absolute Gasteiger partial charge is 0.244 e. The number of hydrogen-bond acceptors (Lipinski definition) is 6. The summed E-state index contributed by atoms with van der Waals surface area (Å²) in [4.78, 5) is 29.2. The lowest BCUT2D eigenvalue weighted by Crippen LogP contribution is -2.54. The average molecular weight is 600 g/mol. The molecule has 4 rings (SSSR count). The van der Waals surface area contributed by atoms with E-state index in [2.05, 4.69) is 5.32 Å². The van der Waals surface area contributed by atoms with Crippen LogP contribution in [0.4, 0.5) is 5.69 Å². The number of amides is 2. The number of sulfonamides is 1. The molecule has 0 aromatic heterocycles. The Kier molecular flexibility index (Phi) is 9.77. The number of fused-ring (bicyclic) bond motifs is 1. The first kappa shape index (κ1) is 30.2. The van der Waals surface area contributed by atoms with Crippen molar-refractivity contribution in [2.24, 2.45) is 0 Å². The topological polar surface area (TPSA) is 105 Å². The Morgan fingerprint density at radius 2 is 1.63 bits per heavy atom. The van der Waals surface area contributed by atoms with E-state index < -0.39 is 28.5 Å². The molecule has 3 aromatic carbocycles. The van der Waals surface area contributed by atoms with E-state index in [9.17, 15) is 18.0 Å². The fraction of sp³-hybridized carbons (Fsp3) is 0.333. The molecule has 11 heteroatoms. The minimum Gasteiger partial charge on any atom is -0.454 e. The molecule has 1 N–H and O–H groups in total. The maximum atomic E-state index is 14.2. The normalized spacial score (nSPS) is 13.1. The molecular weight excluding hydrogens is 566 g/mol. The van der Waals surface area contributed by atoms with Crippen LogP contribution < -0.4 is 19.1 Å². The highest BCUT2D eigenvalue weighted by Gasteiger charge is 2.34. The SMILES string of the molecule is CCS(=O)(=O)N(CC(=O)N(Cc1ccc(Cl)cc1)[C@@H](Cc1ccccc1)C(=O)NC(C)C)c1ccc2c(c1)OCO2. The Labute approximate surface area is 246 Å². The Bertz CT molecular complexity index is 1470. The highest BCUT2D eigenvalue weighted by molar-refractivity contribution is 7.92. The van der Waals surface area contributed by atoms with Crippen molar-refractivity contribution >= 4 is 39.1 Å². The maximum absolute atomic E-state index is 14.2. The van der Waals surface area contributed by atoms with E-state index >= 15 is 0 Å². The molecule has 9 nitrogen and oxygen atoms in total. The maximum Gasteiger partial charge on any atom is 0.244 e. The molecule has 0 fully saturated rings. The molecule has 2 amide bonds. The number of nitrogens with zero attached hydrogens (tertiary/aromatic N) is 2. The van der Waals surface area contributed by atoms with Gasteiger partial charge < -0.3 is 19.7 Å². The van der Waals surface area contributed by atoms with E-state index in [1.54, 1.807) is 42.5 Å². The molecule has 1 atom stereocenters. The fourth-order valence-corrected chi connectivity index (χ4v) is 5.66. The molecule has 0 unspecified atom stereocenters. The van der Waals surface area contributed by atoms with Crippen LogP contribution in [0.3, 0.4) is 0 Å². The van der Waals surface area contributed by atoms with Gasteiger partial charge in [0.1, 0.15) is 12.6 Å². The van der Waals surface area contributed by atoms with Gasteiger partial charge in [-0.3, -0.25) is 13.9 Å². The lowest BCUT2D eigenvalue weighted by atomic mass is 10.0. The van der Waals surface area contributed by atoms with Gasteiger partial charge in [-0.2, -0.15) is 0 Å². The van der Waals surface area contributed by atoms with Crippen LogP contribution in [0.1, 0.15) is 31.9 Å². The molecule has 218 valence electrons. The van der Waals surface area contributed by atoms with Gasteiger partial charge in [-0.25, -0.2) is 8.42 Å². The zero-order valence-corrected chi connectivity index (χ0v) is 24.8. The Hall–Kier alpha value is -3.76. The van der Waals surface area contributed by atoms with E-state index in [0.29, 0.717) is 16.5 Å². The molecule has 1 aliphatic heterocycles. The standard InChI is InChI=1S/C30H34ClN3O6S/c1-4-41(37,38)34(25-14-15-27-28(17-25)40-20-39-27)19-29(35)33(18-23-10-12-24(31)13-11-23)26(30(36)32-21(2)3)16-22-8-6-5-7-9-22/h5-15,17,21,26H,4,16,18-20H2,1-3H3,(H,32,36)/t26-/m0/s1. The third kappa shape index (κ3) is 7.71. The zero-order valence-electron chi connectivity index (χ0n) is 23.2. The van der Waals surface area contributed by atoms with Crippen molar-refractivity contribution in [3.8, 4) is 11.5 Å². The van der Waals surface area contributed by atoms with Gasteiger partial charge in [0.25, 0.3) is 0 Å². The summed E-state index contributed by atoms with van der Waals surface area (Å²) >= 11 is 6.09. The molecule has 0 bridgehead atoms. The van der Waals surface area contributed by atoms with Gasteiger partial charge in [0, 0.05) is 30.1 Å². The van der Waals surface area contributed by atoms with Gasteiger partial charge in [-0.1, -0.05) is 54.1 Å². The first-order valence-electron chi connectivity index (χ1n) is 13.4. The molecular formula is C30H34ClN3O6S. The summed E-state index contributed by atoms with van der Waals surface area (Å²) in [6.07, 6.45) is 0.239. The molecule has 0 aliphatic carbocycles. The summed E-state index contributed by atoms with van der Waals surface area (Å²) in [5.41, 5.74) is 1.87. The lowest BCUT2D eigenvalue weighted by Gasteiger charge is -2.34. The summed E-state index contributed by atoms with van der Waals surface area (Å²) in [5.74, 6) is -0.213. The highest BCUT2D eigenvalue weighted by atomic mass is 35.5. The van der Waals surface area contributed by atoms with Crippen molar-refractivity contribution in [1.82, 2.24) is 10.2 Å². The van der Waals surface area contributed by atoms with Crippen LogP contribution in [-0.2, 0) is 32.6 Å². The zero-order chi connectivity index (χ0) is 29.6. The third-order valence-corrected chi connectivity index (χ3v) is 8.58. The molecule has 0 spiro atoms. The lowest BCUT2D eigenvalue weighted by molar-refractivity contribution is -0.140. The minimum atomic E-state index is -3.89. The molecule has 3 aromatic rings. The number of benzene rings is 3. The van der Waals surface area contributed by atoms with E-state index in [4.69, 9.17) is 21.1 Å². The number of anilines is 1. The number of hydrogen-bond donors (Lipinski definition) is 1. The molecule has 1 heterocycles. The van der Waals surface area contributed by atoms with Crippen LogP contribution >= 0.6 is 11.6 Å². The highest BCUT2D eigenvalue weighted by Crippen LogP contribution is 2.36. The third-order valence-electron chi connectivity index (χ3n) is 6.59. The van der Waals surface area contributed by atoms with Gasteiger partial charge in [0.05, 0.1) is 11.4 Å². The predicted molar refractivity (Wildman–Crippen MR) is 159 cm³/mol. The van der Waals surface area contributed by atoms with Crippen molar-refractivity contribution in [2.75, 3.05) is 23.4 Å². The van der Waals surface area contributed by atoms with Gasteiger partial charge in [-0.15, -0.1) is 0 Å². The van der Waals surface area contributed by atoms with Crippen LogP contribution in [0.5, 0.6) is 11.5 Å². The van der Waals surface area contributed by atoms with Crippen LogP contribution in [0.15, 0.2) is 72.8 Å². The average Bonchev–Trinajstić information content (AvgIpc) is 3.42. The van der Waals surface area contributed by atoms with Crippen LogP contribution in [0.25, 0.3) is 0 Å². The van der Waals surface area contributed by atoms with Gasteiger partial charge >= 0.3 is 0 Å². The summed E-state index contributed by atoms with van der Waals surface area (Å²) in [6, 6.07) is 20.0. The van der Waals surface area contributed by atoms with E-state index in [1.165, 1.54) is 11.8 Å². The number of nitrogens with one attached hydrogen (secondary N) is 1. The van der Waals surface area contributed by atoms with Crippen molar-refractivity contribution in [2.45, 2.75) is 45.8 Å². The molecule has 0 saturated carbocycles. The molecule has 41 heavy (non-hydrogen) atoms. The predicted octanol–water partition coefficient (Wildman–Crippen LogP) is 4.39. The summed E-state index contributed by atoms with van der Waals surface area (Å²) in [6.45, 7) is 4.79. The van der Waals surface area contributed by atoms with Crippen LogP contribution in [0, 0.1) is 0 Å². The monoisotopic (exact) mass is 599 g/mol. The first-order chi connectivity index (χ1) is 19.6.